The Balaban J connectivity index is 2.24. The van der Waals surface area contributed by atoms with Crippen LogP contribution in [-0.2, 0) is 16.0 Å². The lowest BCUT2D eigenvalue weighted by Crippen LogP contribution is -2.46. The highest BCUT2D eigenvalue weighted by molar-refractivity contribution is 5.87. The number of carboxylic acid groups (broad SMARTS) is 1. The van der Waals surface area contributed by atoms with E-state index >= 15 is 0 Å². The number of ether oxygens (including phenoxy) is 1. The molecule has 0 bridgehead atoms. The first-order valence-corrected chi connectivity index (χ1v) is 9.90. The predicted octanol–water partition coefficient (Wildman–Crippen LogP) is 3.44. The fourth-order valence-corrected chi connectivity index (χ4v) is 3.24. The van der Waals surface area contributed by atoms with Crippen molar-refractivity contribution in [2.45, 2.75) is 66.0 Å². The summed E-state index contributed by atoms with van der Waals surface area (Å²) in [6, 6.07) is 4.09. The summed E-state index contributed by atoms with van der Waals surface area (Å²) in [4.78, 5) is 35.7. The first-order valence-electron chi connectivity index (χ1n) is 9.90. The van der Waals surface area contributed by atoms with Crippen molar-refractivity contribution < 1.29 is 23.8 Å². The maximum Gasteiger partial charge on any atom is 0.336 e. The van der Waals surface area contributed by atoms with Gasteiger partial charge in [0.1, 0.15) is 17.4 Å². The van der Waals surface area contributed by atoms with Crippen LogP contribution in [0.3, 0.4) is 0 Å². The Morgan fingerprint density at radius 3 is 2.52 bits per heavy atom. The molecule has 0 unspecified atom stereocenters. The molecule has 2 N–H and O–H groups in total. The van der Waals surface area contributed by atoms with Gasteiger partial charge in [-0.3, -0.25) is 4.79 Å². The first kappa shape index (κ1) is 22.5. The molecule has 158 valence electrons. The van der Waals surface area contributed by atoms with E-state index in [1.54, 1.807) is 19.9 Å². The van der Waals surface area contributed by atoms with E-state index in [2.05, 4.69) is 5.32 Å². The van der Waals surface area contributed by atoms with Crippen molar-refractivity contribution in [1.82, 2.24) is 5.32 Å². The quantitative estimate of drug-likeness (QED) is 0.621. The number of carboxylic acids is 1. The second-order valence-electron chi connectivity index (χ2n) is 7.70. The van der Waals surface area contributed by atoms with Crippen LogP contribution in [0, 0.1) is 12.8 Å². The fraction of sp³-hybridized carbons (Fsp3) is 0.500. The Hall–Kier alpha value is -2.83. The molecule has 0 spiro atoms. The van der Waals surface area contributed by atoms with Gasteiger partial charge >= 0.3 is 11.6 Å². The number of carbonyl (C=O) groups is 2. The average molecular weight is 403 g/mol. The summed E-state index contributed by atoms with van der Waals surface area (Å²) in [5.74, 6) is -1.06. The van der Waals surface area contributed by atoms with Gasteiger partial charge in [0.15, 0.2) is 6.10 Å². The number of hydrogen-bond donors (Lipinski definition) is 2. The zero-order chi connectivity index (χ0) is 21.7. The van der Waals surface area contributed by atoms with Crippen LogP contribution in [0.4, 0.5) is 0 Å². The Labute approximate surface area is 170 Å². The topological polar surface area (TPSA) is 106 Å². The van der Waals surface area contributed by atoms with E-state index in [0.29, 0.717) is 23.3 Å². The summed E-state index contributed by atoms with van der Waals surface area (Å²) >= 11 is 0. The van der Waals surface area contributed by atoms with Crippen LogP contribution >= 0.6 is 0 Å². The van der Waals surface area contributed by atoms with Crippen LogP contribution in [0.15, 0.2) is 27.4 Å². The summed E-state index contributed by atoms with van der Waals surface area (Å²) in [5, 5.41) is 12.7. The summed E-state index contributed by atoms with van der Waals surface area (Å²) in [7, 11) is 0. The first-order chi connectivity index (χ1) is 13.6. The third kappa shape index (κ3) is 5.59. The minimum absolute atomic E-state index is 0.121. The average Bonchev–Trinajstić information content (AvgIpc) is 2.63. The Morgan fingerprint density at radius 1 is 1.24 bits per heavy atom. The van der Waals surface area contributed by atoms with E-state index in [9.17, 15) is 19.5 Å². The van der Waals surface area contributed by atoms with Crippen LogP contribution < -0.4 is 15.7 Å². The lowest BCUT2D eigenvalue weighted by Gasteiger charge is -2.21. The molecule has 1 amide bonds. The Morgan fingerprint density at radius 2 is 1.93 bits per heavy atom. The number of aryl methyl sites for hydroxylation is 2. The monoisotopic (exact) mass is 403 g/mol. The van der Waals surface area contributed by atoms with Crippen LogP contribution in [-0.4, -0.2) is 29.1 Å². The molecule has 0 aliphatic carbocycles. The van der Waals surface area contributed by atoms with Crippen molar-refractivity contribution in [2.75, 3.05) is 0 Å². The maximum absolute atomic E-state index is 12.4. The second-order valence-corrected chi connectivity index (χ2v) is 7.70. The van der Waals surface area contributed by atoms with Crippen molar-refractivity contribution in [2.24, 2.45) is 5.92 Å². The van der Waals surface area contributed by atoms with Crippen molar-refractivity contribution in [3.05, 3.63) is 39.7 Å². The van der Waals surface area contributed by atoms with Gasteiger partial charge < -0.3 is 19.6 Å². The summed E-state index contributed by atoms with van der Waals surface area (Å²) < 4.78 is 11.2. The van der Waals surface area contributed by atoms with Gasteiger partial charge in [0.2, 0.25) is 0 Å². The summed E-state index contributed by atoms with van der Waals surface area (Å²) in [6.45, 7) is 9.13. The third-order valence-corrected chi connectivity index (χ3v) is 4.71. The molecule has 0 aliphatic rings. The van der Waals surface area contributed by atoms with Gasteiger partial charge in [0.05, 0.1) is 0 Å². The number of benzene rings is 1. The van der Waals surface area contributed by atoms with Gasteiger partial charge in [-0.2, -0.15) is 0 Å². The molecule has 0 radical (unpaired) electrons. The zero-order valence-corrected chi connectivity index (χ0v) is 17.6. The van der Waals surface area contributed by atoms with Crippen LogP contribution in [0.1, 0.15) is 51.7 Å². The van der Waals surface area contributed by atoms with E-state index in [-0.39, 0.29) is 5.92 Å². The minimum Gasteiger partial charge on any atom is -0.480 e. The van der Waals surface area contributed by atoms with Gasteiger partial charge in [-0.15, -0.1) is 0 Å². The molecule has 1 heterocycles. The van der Waals surface area contributed by atoms with Crippen molar-refractivity contribution in [3.8, 4) is 5.75 Å². The van der Waals surface area contributed by atoms with Gasteiger partial charge in [-0.1, -0.05) is 27.2 Å². The highest BCUT2D eigenvalue weighted by Crippen LogP contribution is 2.29. The van der Waals surface area contributed by atoms with E-state index < -0.39 is 29.6 Å². The molecule has 2 aromatic rings. The van der Waals surface area contributed by atoms with Gasteiger partial charge in [-0.05, 0) is 50.3 Å². The molecule has 0 saturated heterocycles. The molecule has 2 rings (SSSR count). The maximum atomic E-state index is 12.4. The Bertz CT molecular complexity index is 946. The molecule has 7 nitrogen and oxygen atoms in total. The highest BCUT2D eigenvalue weighted by Gasteiger charge is 2.25. The van der Waals surface area contributed by atoms with Crippen molar-refractivity contribution >= 4 is 22.8 Å². The normalized spacial score (nSPS) is 13.3. The number of rotatable bonds is 9. The number of amides is 1. The smallest absolute Gasteiger partial charge is 0.336 e. The van der Waals surface area contributed by atoms with Crippen LogP contribution in [0.5, 0.6) is 5.75 Å². The molecular weight excluding hydrogens is 374 g/mol. The predicted molar refractivity (Wildman–Crippen MR) is 110 cm³/mol. The number of nitrogens with one attached hydrogen (secondary N) is 1. The van der Waals surface area contributed by atoms with Crippen molar-refractivity contribution in [3.63, 3.8) is 0 Å². The van der Waals surface area contributed by atoms with E-state index in [1.807, 2.05) is 26.8 Å². The Kier molecular flexibility index (Phi) is 7.42. The molecule has 0 fully saturated rings. The number of hydrogen-bond acceptors (Lipinski definition) is 5. The van der Waals surface area contributed by atoms with Gasteiger partial charge in [0.25, 0.3) is 5.91 Å². The summed E-state index contributed by atoms with van der Waals surface area (Å²) in [6.07, 6.45) is 1.07. The van der Waals surface area contributed by atoms with Gasteiger partial charge in [0, 0.05) is 17.0 Å². The van der Waals surface area contributed by atoms with E-state index in [0.717, 1.165) is 23.8 Å². The molecule has 7 heteroatoms. The molecule has 1 aromatic carbocycles. The minimum atomic E-state index is -1.08. The lowest BCUT2D eigenvalue weighted by molar-refractivity contribution is -0.143. The van der Waals surface area contributed by atoms with E-state index in [1.165, 1.54) is 6.07 Å². The number of fused-ring (bicyclic) bond motifs is 1. The molecule has 1 aromatic heterocycles. The molecule has 29 heavy (non-hydrogen) atoms. The SMILES string of the molecule is CCCc1cc(=O)oc2c(C)c(O[C@@H](C)C(=O)N[C@@H](CC(C)C)C(=O)O)ccc12. The molecule has 0 aliphatic heterocycles. The van der Waals surface area contributed by atoms with Crippen LogP contribution in [0.25, 0.3) is 11.0 Å². The lowest BCUT2D eigenvalue weighted by atomic mass is 10.0. The molecule has 2 atom stereocenters. The second kappa shape index (κ2) is 9.58. The van der Waals surface area contributed by atoms with Crippen molar-refractivity contribution in [1.29, 1.82) is 0 Å². The van der Waals surface area contributed by atoms with Crippen LogP contribution in [0.2, 0.25) is 0 Å². The number of aliphatic carboxylic acids is 1. The molecule has 0 saturated carbocycles. The van der Waals surface area contributed by atoms with E-state index in [4.69, 9.17) is 9.15 Å². The zero-order valence-electron chi connectivity index (χ0n) is 17.6. The highest BCUT2D eigenvalue weighted by atomic mass is 16.5. The number of carbonyl (C=O) groups excluding carboxylic acids is 1. The molecular formula is C22H29NO6. The largest absolute Gasteiger partial charge is 0.480 e. The van der Waals surface area contributed by atoms with Gasteiger partial charge in [-0.25, -0.2) is 9.59 Å². The summed E-state index contributed by atoms with van der Waals surface area (Å²) in [5.41, 5.74) is 1.55. The standard InChI is InChI=1S/C22H29NO6/c1-6-7-15-11-19(24)29-20-13(4)18(9-8-16(15)20)28-14(5)21(25)23-17(22(26)27)10-12(2)3/h8-9,11-12,14,17H,6-7,10H2,1-5H3,(H,23,25)(H,26,27)/t14-,17-/m0/s1. The fourth-order valence-electron chi connectivity index (χ4n) is 3.24. The third-order valence-electron chi connectivity index (χ3n) is 4.71.